The second kappa shape index (κ2) is 6.37. The minimum Gasteiger partial charge on any atom is -0.469 e. The summed E-state index contributed by atoms with van der Waals surface area (Å²) < 4.78 is 4.69. The van der Waals surface area contributed by atoms with Crippen molar-refractivity contribution >= 4 is 17.8 Å². The zero-order valence-corrected chi connectivity index (χ0v) is 11.1. The Morgan fingerprint density at radius 1 is 1.28 bits per heavy atom. The van der Waals surface area contributed by atoms with E-state index in [9.17, 15) is 14.4 Å². The van der Waals surface area contributed by atoms with Gasteiger partial charge in [-0.2, -0.15) is 0 Å². The van der Waals surface area contributed by atoms with Crippen LogP contribution in [0.4, 0.5) is 0 Å². The van der Waals surface area contributed by atoms with Crippen molar-refractivity contribution in [3.8, 4) is 0 Å². The average molecular weight is 256 g/mol. The fraction of sp³-hybridized carbons (Fsp3) is 0.750. The summed E-state index contributed by atoms with van der Waals surface area (Å²) in [5.74, 6) is -0.652. The first-order chi connectivity index (χ1) is 8.45. The molecule has 1 atom stereocenters. The maximum absolute atomic E-state index is 12.0. The van der Waals surface area contributed by atoms with Crippen LogP contribution in [0.3, 0.4) is 0 Å². The molecule has 0 aromatic heterocycles. The number of nitrogens with one attached hydrogen (secondary N) is 1. The van der Waals surface area contributed by atoms with Crippen LogP contribution in [-0.4, -0.2) is 48.9 Å². The summed E-state index contributed by atoms with van der Waals surface area (Å²) in [4.78, 5) is 35.9. The average Bonchev–Trinajstić information content (AvgIpc) is 2.36. The number of hydrogen-bond donors (Lipinski definition) is 1. The molecule has 18 heavy (non-hydrogen) atoms. The molecule has 1 aliphatic rings. The van der Waals surface area contributed by atoms with Crippen LogP contribution in [0.2, 0.25) is 0 Å². The number of carbonyl (C=O) groups excluding carboxylic acids is 3. The summed E-state index contributed by atoms with van der Waals surface area (Å²) in [5, 5.41) is 2.56. The zero-order chi connectivity index (χ0) is 13.7. The van der Waals surface area contributed by atoms with Gasteiger partial charge in [0.05, 0.1) is 13.0 Å². The summed E-state index contributed by atoms with van der Waals surface area (Å²) in [7, 11) is 1.37. The highest BCUT2D eigenvalue weighted by atomic mass is 16.5. The molecular formula is C12H20N2O4. The monoisotopic (exact) mass is 256 g/mol. The van der Waals surface area contributed by atoms with Crippen molar-refractivity contribution < 1.29 is 19.1 Å². The smallest absolute Gasteiger partial charge is 0.308 e. The number of hydrogen-bond acceptors (Lipinski definition) is 4. The normalized spacial score (nSPS) is 18.1. The second-order valence-corrected chi connectivity index (χ2v) is 4.54. The van der Waals surface area contributed by atoms with E-state index in [4.69, 9.17) is 0 Å². The van der Waals surface area contributed by atoms with Crippen LogP contribution in [0.1, 0.15) is 26.7 Å². The Hall–Kier alpha value is -1.59. The Morgan fingerprint density at radius 3 is 2.28 bits per heavy atom. The molecule has 0 spiro atoms. The molecule has 1 heterocycles. The van der Waals surface area contributed by atoms with E-state index < -0.39 is 6.04 Å². The summed E-state index contributed by atoms with van der Waals surface area (Å²) in [6.45, 7) is 4.11. The predicted molar refractivity (Wildman–Crippen MR) is 64.6 cm³/mol. The molecule has 0 bridgehead atoms. The van der Waals surface area contributed by atoms with Crippen molar-refractivity contribution in [3.05, 3.63) is 0 Å². The van der Waals surface area contributed by atoms with Crippen LogP contribution >= 0.6 is 0 Å². The summed E-state index contributed by atoms with van der Waals surface area (Å²) in [5.41, 5.74) is 0. The maximum Gasteiger partial charge on any atom is 0.308 e. The quantitative estimate of drug-likeness (QED) is 0.717. The fourth-order valence-electron chi connectivity index (χ4n) is 2.14. The molecule has 1 rings (SSSR count). The summed E-state index contributed by atoms with van der Waals surface area (Å²) >= 11 is 0. The first-order valence-electron chi connectivity index (χ1n) is 6.09. The number of methoxy groups -OCH3 is 1. The van der Waals surface area contributed by atoms with E-state index in [-0.39, 0.29) is 23.7 Å². The van der Waals surface area contributed by atoms with E-state index in [1.54, 1.807) is 11.8 Å². The third kappa shape index (κ3) is 3.72. The number of rotatable bonds is 3. The Bertz CT molecular complexity index is 335. The van der Waals surface area contributed by atoms with Gasteiger partial charge in [0.25, 0.3) is 0 Å². The number of amides is 2. The predicted octanol–water partition coefficient (Wildman–Crippen LogP) is -0.0774. The van der Waals surface area contributed by atoms with Gasteiger partial charge in [0, 0.05) is 20.0 Å². The molecule has 6 nitrogen and oxygen atoms in total. The molecule has 102 valence electrons. The third-order valence-electron chi connectivity index (χ3n) is 3.13. The molecule has 0 aromatic rings. The SMILES string of the molecule is COC(=O)C1CCN(C(=O)C(C)NC(C)=O)CC1. The van der Waals surface area contributed by atoms with Gasteiger partial charge in [0.15, 0.2) is 0 Å². The van der Waals surface area contributed by atoms with Gasteiger partial charge in [0.2, 0.25) is 11.8 Å². The molecule has 0 saturated carbocycles. The molecular weight excluding hydrogens is 236 g/mol. The molecule has 1 fully saturated rings. The Morgan fingerprint density at radius 2 is 1.83 bits per heavy atom. The lowest BCUT2D eigenvalue weighted by Crippen LogP contribution is -2.49. The molecule has 0 aliphatic carbocycles. The minimum atomic E-state index is -0.517. The largest absolute Gasteiger partial charge is 0.469 e. The van der Waals surface area contributed by atoms with Crippen LogP contribution < -0.4 is 5.32 Å². The van der Waals surface area contributed by atoms with Crippen LogP contribution in [0, 0.1) is 5.92 Å². The van der Waals surface area contributed by atoms with Gasteiger partial charge in [-0.1, -0.05) is 0 Å². The van der Waals surface area contributed by atoms with Crippen molar-refractivity contribution in [3.63, 3.8) is 0 Å². The van der Waals surface area contributed by atoms with Crippen molar-refractivity contribution in [2.75, 3.05) is 20.2 Å². The van der Waals surface area contributed by atoms with Crippen molar-refractivity contribution in [1.82, 2.24) is 10.2 Å². The molecule has 2 amide bonds. The molecule has 1 saturated heterocycles. The van der Waals surface area contributed by atoms with Gasteiger partial charge in [-0.25, -0.2) is 0 Å². The van der Waals surface area contributed by atoms with Gasteiger partial charge in [-0.05, 0) is 19.8 Å². The molecule has 6 heteroatoms. The standard InChI is InChI=1S/C12H20N2O4/c1-8(13-9(2)15)11(16)14-6-4-10(5-7-14)12(17)18-3/h8,10H,4-7H2,1-3H3,(H,13,15). The number of ether oxygens (including phenoxy) is 1. The lowest BCUT2D eigenvalue weighted by atomic mass is 9.96. The van der Waals surface area contributed by atoms with Crippen molar-refractivity contribution in [2.45, 2.75) is 32.7 Å². The maximum atomic E-state index is 12.0. The fourth-order valence-corrected chi connectivity index (χ4v) is 2.14. The van der Waals surface area contributed by atoms with Crippen LogP contribution in [0.5, 0.6) is 0 Å². The van der Waals surface area contributed by atoms with E-state index in [0.717, 1.165) is 0 Å². The van der Waals surface area contributed by atoms with Crippen LogP contribution in [0.25, 0.3) is 0 Å². The number of carbonyl (C=O) groups is 3. The Balaban J connectivity index is 2.45. The van der Waals surface area contributed by atoms with E-state index in [1.807, 2.05) is 0 Å². The number of nitrogens with zero attached hydrogens (tertiary/aromatic N) is 1. The van der Waals surface area contributed by atoms with E-state index >= 15 is 0 Å². The van der Waals surface area contributed by atoms with Gasteiger partial charge >= 0.3 is 5.97 Å². The molecule has 0 aromatic carbocycles. The highest BCUT2D eigenvalue weighted by Gasteiger charge is 2.29. The van der Waals surface area contributed by atoms with Gasteiger partial charge in [-0.3, -0.25) is 14.4 Å². The first-order valence-corrected chi connectivity index (χ1v) is 6.09. The highest BCUT2D eigenvalue weighted by Crippen LogP contribution is 2.18. The summed E-state index contributed by atoms with van der Waals surface area (Å²) in [6.07, 6.45) is 1.23. The van der Waals surface area contributed by atoms with E-state index in [1.165, 1.54) is 14.0 Å². The second-order valence-electron chi connectivity index (χ2n) is 4.54. The van der Waals surface area contributed by atoms with Gasteiger partial charge in [0.1, 0.15) is 6.04 Å². The first kappa shape index (κ1) is 14.5. The van der Waals surface area contributed by atoms with Crippen molar-refractivity contribution in [2.24, 2.45) is 5.92 Å². The topological polar surface area (TPSA) is 75.7 Å². The molecule has 1 aliphatic heterocycles. The Kier molecular flexibility index (Phi) is 5.12. The Labute approximate surface area is 107 Å². The van der Waals surface area contributed by atoms with Gasteiger partial charge in [-0.15, -0.1) is 0 Å². The number of esters is 1. The highest BCUT2D eigenvalue weighted by molar-refractivity contribution is 5.86. The van der Waals surface area contributed by atoms with Crippen LogP contribution in [-0.2, 0) is 19.1 Å². The van der Waals surface area contributed by atoms with Crippen LogP contribution in [0.15, 0.2) is 0 Å². The number of likely N-dealkylation sites (tertiary alicyclic amines) is 1. The van der Waals surface area contributed by atoms with E-state index in [0.29, 0.717) is 25.9 Å². The summed E-state index contributed by atoms with van der Waals surface area (Å²) in [6, 6.07) is -0.517. The molecule has 0 radical (unpaired) electrons. The zero-order valence-electron chi connectivity index (χ0n) is 11.1. The number of piperidine rings is 1. The lowest BCUT2D eigenvalue weighted by molar-refractivity contribution is -0.149. The molecule has 1 N–H and O–H groups in total. The molecule has 1 unspecified atom stereocenters. The third-order valence-corrected chi connectivity index (χ3v) is 3.13. The van der Waals surface area contributed by atoms with Gasteiger partial charge < -0.3 is 15.0 Å². The van der Waals surface area contributed by atoms with E-state index in [2.05, 4.69) is 10.1 Å². The van der Waals surface area contributed by atoms with Crippen molar-refractivity contribution in [1.29, 1.82) is 0 Å². The lowest BCUT2D eigenvalue weighted by Gasteiger charge is -2.32. The minimum absolute atomic E-state index is 0.103.